The molecule has 0 aliphatic carbocycles. The number of hydrogen-bond acceptors (Lipinski definition) is 4. The molecule has 3 rings (SSSR count). The van der Waals surface area contributed by atoms with Crippen LogP contribution in [0.15, 0.2) is 48.5 Å². The van der Waals surface area contributed by atoms with Crippen molar-refractivity contribution in [1.82, 2.24) is 0 Å². The lowest BCUT2D eigenvalue weighted by atomic mass is 10.2. The van der Waals surface area contributed by atoms with Crippen molar-refractivity contribution in [2.24, 2.45) is 0 Å². The Kier molecular flexibility index (Phi) is 4.51. The number of hydrogen-bond donors (Lipinski definition) is 1. The van der Waals surface area contributed by atoms with Crippen LogP contribution in [-0.2, 0) is 9.59 Å². The van der Waals surface area contributed by atoms with Crippen molar-refractivity contribution in [1.29, 1.82) is 0 Å². The van der Waals surface area contributed by atoms with Gasteiger partial charge in [-0.05, 0) is 37.6 Å². The van der Waals surface area contributed by atoms with Gasteiger partial charge < -0.3 is 10.1 Å². The van der Waals surface area contributed by atoms with E-state index >= 15 is 0 Å². The van der Waals surface area contributed by atoms with Crippen LogP contribution in [0, 0.1) is 6.92 Å². The lowest BCUT2D eigenvalue weighted by molar-refractivity contribution is -0.121. The van der Waals surface area contributed by atoms with E-state index in [0.717, 1.165) is 11.3 Å². The molecule has 2 aromatic rings. The highest BCUT2D eigenvalue weighted by molar-refractivity contribution is 6.23. The van der Waals surface area contributed by atoms with Gasteiger partial charge in [0.25, 0.3) is 5.91 Å². The minimum Gasteiger partial charge on any atom is -0.492 e. The first-order valence-electron chi connectivity index (χ1n) is 8.02. The predicted molar refractivity (Wildman–Crippen MR) is 93.3 cm³/mol. The third-order valence-corrected chi connectivity index (χ3v) is 4.02. The molecule has 0 saturated carbocycles. The summed E-state index contributed by atoms with van der Waals surface area (Å²) in [6, 6.07) is 14.2. The smallest absolute Gasteiger partial charge is 0.256 e. The molecule has 1 saturated heterocycles. The fourth-order valence-electron chi connectivity index (χ4n) is 2.87. The standard InChI is InChI=1S/C19H20N2O3/c1-3-24-17-11-7-5-9-14(17)20-15-12-18(22)21(19(15)23)16-10-6-4-8-13(16)2/h4-11,15,20H,3,12H2,1-2H3. The van der Waals surface area contributed by atoms with Crippen LogP contribution in [-0.4, -0.2) is 24.5 Å². The van der Waals surface area contributed by atoms with E-state index in [-0.39, 0.29) is 18.2 Å². The van der Waals surface area contributed by atoms with Gasteiger partial charge in [-0.1, -0.05) is 30.3 Å². The zero-order chi connectivity index (χ0) is 17.1. The van der Waals surface area contributed by atoms with Gasteiger partial charge in [-0.2, -0.15) is 0 Å². The van der Waals surface area contributed by atoms with Gasteiger partial charge in [0.1, 0.15) is 11.8 Å². The van der Waals surface area contributed by atoms with Crippen LogP contribution < -0.4 is 15.0 Å². The van der Waals surface area contributed by atoms with Crippen molar-refractivity contribution in [2.75, 3.05) is 16.8 Å². The third-order valence-electron chi connectivity index (χ3n) is 4.02. The van der Waals surface area contributed by atoms with Gasteiger partial charge >= 0.3 is 0 Å². The number of nitrogens with zero attached hydrogens (tertiary/aromatic N) is 1. The number of nitrogens with one attached hydrogen (secondary N) is 1. The second-order valence-electron chi connectivity index (χ2n) is 5.68. The maximum absolute atomic E-state index is 12.7. The first-order valence-corrected chi connectivity index (χ1v) is 8.02. The number of rotatable bonds is 5. The molecule has 2 amide bonds. The maximum Gasteiger partial charge on any atom is 0.256 e. The first kappa shape index (κ1) is 16.1. The molecule has 1 aliphatic heterocycles. The average Bonchev–Trinajstić information content (AvgIpc) is 2.84. The van der Waals surface area contributed by atoms with E-state index in [1.165, 1.54) is 4.90 Å². The highest BCUT2D eigenvalue weighted by Crippen LogP contribution is 2.30. The summed E-state index contributed by atoms with van der Waals surface area (Å²) in [6.07, 6.45) is 0.133. The van der Waals surface area contributed by atoms with E-state index in [4.69, 9.17) is 4.74 Å². The van der Waals surface area contributed by atoms with Crippen molar-refractivity contribution in [2.45, 2.75) is 26.3 Å². The van der Waals surface area contributed by atoms with Gasteiger partial charge in [-0.3, -0.25) is 9.59 Å². The highest BCUT2D eigenvalue weighted by atomic mass is 16.5. The summed E-state index contributed by atoms with van der Waals surface area (Å²) in [6.45, 7) is 4.33. The Labute approximate surface area is 141 Å². The monoisotopic (exact) mass is 324 g/mol. The van der Waals surface area contributed by atoms with Crippen molar-refractivity contribution < 1.29 is 14.3 Å². The van der Waals surface area contributed by atoms with Crippen LogP contribution in [0.25, 0.3) is 0 Å². The van der Waals surface area contributed by atoms with Gasteiger partial charge in [0.2, 0.25) is 5.91 Å². The fraction of sp³-hybridized carbons (Fsp3) is 0.263. The summed E-state index contributed by atoms with van der Waals surface area (Å²) < 4.78 is 5.57. The number of amides is 2. The largest absolute Gasteiger partial charge is 0.492 e. The molecule has 0 radical (unpaired) electrons. The highest BCUT2D eigenvalue weighted by Gasteiger charge is 2.40. The fourth-order valence-corrected chi connectivity index (χ4v) is 2.87. The number of benzene rings is 2. The number of aryl methyl sites for hydroxylation is 1. The first-order chi connectivity index (χ1) is 11.6. The summed E-state index contributed by atoms with van der Waals surface area (Å²) in [7, 11) is 0. The van der Waals surface area contributed by atoms with Gasteiger partial charge in [-0.25, -0.2) is 4.90 Å². The quantitative estimate of drug-likeness (QED) is 0.859. The van der Waals surface area contributed by atoms with E-state index in [1.54, 1.807) is 6.07 Å². The summed E-state index contributed by atoms with van der Waals surface area (Å²) in [5.41, 5.74) is 2.27. The second kappa shape index (κ2) is 6.74. The van der Waals surface area contributed by atoms with Gasteiger partial charge in [0, 0.05) is 0 Å². The topological polar surface area (TPSA) is 58.6 Å². The number of carbonyl (C=O) groups is 2. The molecule has 5 heteroatoms. The minimum atomic E-state index is -0.585. The molecule has 1 N–H and O–H groups in total. The number of carbonyl (C=O) groups excluding carboxylic acids is 2. The molecule has 0 aromatic heterocycles. The molecule has 24 heavy (non-hydrogen) atoms. The zero-order valence-electron chi connectivity index (χ0n) is 13.8. The van der Waals surface area contributed by atoms with E-state index in [1.807, 2.05) is 56.3 Å². The lowest BCUT2D eigenvalue weighted by Gasteiger charge is -2.19. The van der Waals surface area contributed by atoms with Crippen LogP contribution in [0.4, 0.5) is 11.4 Å². The lowest BCUT2D eigenvalue weighted by Crippen LogP contribution is -2.35. The van der Waals surface area contributed by atoms with Crippen LogP contribution in [0.3, 0.4) is 0 Å². The molecule has 1 fully saturated rings. The van der Waals surface area contributed by atoms with E-state index in [0.29, 0.717) is 18.0 Å². The Balaban J connectivity index is 1.84. The molecule has 1 heterocycles. The Morgan fingerprint density at radius 3 is 2.58 bits per heavy atom. The zero-order valence-corrected chi connectivity index (χ0v) is 13.8. The van der Waals surface area contributed by atoms with Crippen LogP contribution >= 0.6 is 0 Å². The number of anilines is 2. The summed E-state index contributed by atoms with van der Waals surface area (Å²) >= 11 is 0. The molecule has 1 aliphatic rings. The molecule has 0 bridgehead atoms. The van der Waals surface area contributed by atoms with Crippen LogP contribution in [0.1, 0.15) is 18.9 Å². The summed E-state index contributed by atoms with van der Waals surface area (Å²) in [5, 5.41) is 3.16. The van der Waals surface area contributed by atoms with E-state index in [9.17, 15) is 9.59 Å². The molecular formula is C19H20N2O3. The van der Waals surface area contributed by atoms with Crippen molar-refractivity contribution in [3.8, 4) is 5.75 Å². The molecule has 0 spiro atoms. The SMILES string of the molecule is CCOc1ccccc1NC1CC(=O)N(c2ccccc2C)C1=O. The number of para-hydroxylation sites is 3. The minimum absolute atomic E-state index is 0.133. The maximum atomic E-state index is 12.7. The van der Waals surface area contributed by atoms with Crippen LogP contribution in [0.2, 0.25) is 0 Å². The average molecular weight is 324 g/mol. The molecule has 1 unspecified atom stereocenters. The number of imide groups is 1. The molecule has 1 atom stereocenters. The Bertz CT molecular complexity index is 773. The van der Waals surface area contributed by atoms with E-state index in [2.05, 4.69) is 5.32 Å². The Morgan fingerprint density at radius 1 is 1.12 bits per heavy atom. The molecular weight excluding hydrogens is 304 g/mol. The molecule has 2 aromatic carbocycles. The van der Waals surface area contributed by atoms with Gasteiger partial charge in [-0.15, -0.1) is 0 Å². The number of ether oxygens (including phenoxy) is 1. The predicted octanol–water partition coefficient (Wildman–Crippen LogP) is 3.14. The normalized spacial score (nSPS) is 17.2. The van der Waals surface area contributed by atoms with Gasteiger partial charge in [0.05, 0.1) is 24.4 Å². The third kappa shape index (κ3) is 2.97. The Hall–Kier alpha value is -2.82. The molecule has 124 valence electrons. The van der Waals surface area contributed by atoms with E-state index < -0.39 is 6.04 Å². The second-order valence-corrected chi connectivity index (χ2v) is 5.68. The summed E-state index contributed by atoms with van der Waals surface area (Å²) in [4.78, 5) is 26.4. The summed E-state index contributed by atoms with van der Waals surface area (Å²) in [5.74, 6) is 0.246. The van der Waals surface area contributed by atoms with Crippen molar-refractivity contribution >= 4 is 23.2 Å². The Morgan fingerprint density at radius 2 is 1.83 bits per heavy atom. The van der Waals surface area contributed by atoms with Crippen molar-refractivity contribution in [3.05, 3.63) is 54.1 Å². The van der Waals surface area contributed by atoms with Crippen LogP contribution in [0.5, 0.6) is 5.75 Å². The van der Waals surface area contributed by atoms with Crippen molar-refractivity contribution in [3.63, 3.8) is 0 Å². The van der Waals surface area contributed by atoms with Gasteiger partial charge in [0.15, 0.2) is 0 Å². The molecule has 5 nitrogen and oxygen atoms in total.